The van der Waals surface area contributed by atoms with E-state index in [1.54, 1.807) is 25.5 Å². The molecule has 0 fully saturated rings. The van der Waals surface area contributed by atoms with Crippen LogP contribution in [0.4, 0.5) is 5.69 Å². The molecule has 1 heterocycles. The molecule has 6 heteroatoms. The number of carbonyl (C=O) groups excluding carboxylic acids is 2. The number of aryl methyl sites for hydroxylation is 2. The quantitative estimate of drug-likeness (QED) is 0.655. The Morgan fingerprint density at radius 1 is 1.14 bits per heavy atom. The number of rotatable bonds is 7. The van der Waals surface area contributed by atoms with Crippen molar-refractivity contribution in [1.29, 1.82) is 0 Å². The van der Waals surface area contributed by atoms with Crippen molar-refractivity contribution in [2.75, 3.05) is 25.5 Å². The minimum Gasteiger partial charge on any atom is -0.495 e. The number of para-hydroxylation sites is 2. The van der Waals surface area contributed by atoms with Gasteiger partial charge in [0.2, 0.25) is 11.8 Å². The lowest BCUT2D eigenvalue weighted by Crippen LogP contribution is -2.38. The first kappa shape index (κ1) is 20.5. The zero-order valence-corrected chi connectivity index (χ0v) is 17.2. The highest BCUT2D eigenvalue weighted by atomic mass is 16.5. The van der Waals surface area contributed by atoms with Gasteiger partial charge in [0.25, 0.3) is 0 Å². The van der Waals surface area contributed by atoms with Gasteiger partial charge in [-0.15, -0.1) is 0 Å². The van der Waals surface area contributed by atoms with Gasteiger partial charge < -0.3 is 19.4 Å². The van der Waals surface area contributed by atoms with Crippen LogP contribution in [0.5, 0.6) is 5.75 Å². The van der Waals surface area contributed by atoms with Gasteiger partial charge in [0, 0.05) is 17.5 Å². The molecule has 0 bridgehead atoms. The number of nitrogens with zero attached hydrogens (tertiary/aromatic N) is 1. The highest BCUT2D eigenvalue weighted by Crippen LogP contribution is 2.26. The molecule has 0 saturated heterocycles. The minimum atomic E-state index is -0.270. The number of carbonyl (C=O) groups is 2. The summed E-state index contributed by atoms with van der Waals surface area (Å²) in [6.45, 7) is 6.33. The molecule has 0 aliphatic rings. The second-order valence-corrected chi connectivity index (χ2v) is 7.03. The first-order chi connectivity index (χ1) is 13.9. The highest BCUT2D eigenvalue weighted by molar-refractivity contribution is 5.96. The molecule has 0 aliphatic heterocycles. The predicted octanol–water partition coefficient (Wildman–Crippen LogP) is 4.09. The average molecular weight is 394 g/mol. The summed E-state index contributed by atoms with van der Waals surface area (Å²) < 4.78 is 10.9. The van der Waals surface area contributed by atoms with Crippen molar-refractivity contribution in [1.82, 2.24) is 4.90 Å². The summed E-state index contributed by atoms with van der Waals surface area (Å²) in [5.74, 6) is 0.183. The maximum Gasteiger partial charge on any atom is 0.244 e. The summed E-state index contributed by atoms with van der Waals surface area (Å²) >= 11 is 0. The van der Waals surface area contributed by atoms with Gasteiger partial charge in [0.05, 0.1) is 32.0 Å². The molecule has 0 saturated carbocycles. The fourth-order valence-corrected chi connectivity index (χ4v) is 3.24. The second kappa shape index (κ2) is 8.82. The zero-order valence-electron chi connectivity index (χ0n) is 17.2. The summed E-state index contributed by atoms with van der Waals surface area (Å²) in [7, 11) is 1.55. The molecule has 29 heavy (non-hydrogen) atoms. The Hall–Kier alpha value is -3.28. The summed E-state index contributed by atoms with van der Waals surface area (Å²) in [4.78, 5) is 26.8. The Bertz CT molecular complexity index is 1040. The molecule has 1 N–H and O–H groups in total. The first-order valence-electron chi connectivity index (χ1n) is 9.61. The molecular formula is C23H26N2O4. The van der Waals surface area contributed by atoms with E-state index in [4.69, 9.17) is 9.15 Å². The van der Waals surface area contributed by atoms with E-state index in [-0.39, 0.29) is 24.8 Å². The number of fused-ring (bicyclic) bond motifs is 1. The maximum atomic E-state index is 12.8. The molecule has 2 aromatic carbocycles. The number of hydrogen-bond acceptors (Lipinski definition) is 4. The second-order valence-electron chi connectivity index (χ2n) is 7.03. The predicted molar refractivity (Wildman–Crippen MR) is 113 cm³/mol. The largest absolute Gasteiger partial charge is 0.495 e. The van der Waals surface area contributed by atoms with E-state index in [0.717, 1.165) is 27.7 Å². The Morgan fingerprint density at radius 3 is 2.59 bits per heavy atom. The summed E-state index contributed by atoms with van der Waals surface area (Å²) in [6, 6.07) is 11.2. The number of likely N-dealkylation sites (N-methyl/N-ethyl adjacent to an activating group) is 1. The van der Waals surface area contributed by atoms with Crippen LogP contribution in [-0.4, -0.2) is 36.9 Å². The number of nitrogens with one attached hydrogen (secondary N) is 1. The van der Waals surface area contributed by atoms with Crippen LogP contribution in [0.2, 0.25) is 0 Å². The van der Waals surface area contributed by atoms with Crippen molar-refractivity contribution in [3.8, 4) is 5.75 Å². The van der Waals surface area contributed by atoms with E-state index in [0.29, 0.717) is 18.0 Å². The van der Waals surface area contributed by atoms with Crippen LogP contribution in [0.15, 0.2) is 47.1 Å². The number of hydrogen-bond donors (Lipinski definition) is 1. The molecule has 0 unspecified atom stereocenters. The van der Waals surface area contributed by atoms with Crippen molar-refractivity contribution in [3.05, 3.63) is 59.4 Å². The smallest absolute Gasteiger partial charge is 0.244 e. The van der Waals surface area contributed by atoms with Crippen LogP contribution in [-0.2, 0) is 16.0 Å². The molecule has 6 nitrogen and oxygen atoms in total. The normalized spacial score (nSPS) is 10.8. The molecule has 152 valence electrons. The average Bonchev–Trinajstić information content (AvgIpc) is 3.08. The Morgan fingerprint density at radius 2 is 1.86 bits per heavy atom. The van der Waals surface area contributed by atoms with Crippen LogP contribution in [0.25, 0.3) is 11.0 Å². The van der Waals surface area contributed by atoms with Crippen molar-refractivity contribution >= 4 is 28.5 Å². The molecule has 0 spiro atoms. The molecular weight excluding hydrogens is 368 g/mol. The van der Waals surface area contributed by atoms with Gasteiger partial charge in [-0.25, -0.2) is 0 Å². The van der Waals surface area contributed by atoms with Crippen molar-refractivity contribution in [2.24, 2.45) is 0 Å². The van der Waals surface area contributed by atoms with Gasteiger partial charge in [0.1, 0.15) is 11.3 Å². The number of methoxy groups -OCH3 is 1. The van der Waals surface area contributed by atoms with Crippen LogP contribution in [0.3, 0.4) is 0 Å². The fourth-order valence-electron chi connectivity index (χ4n) is 3.24. The molecule has 0 atom stereocenters. The van der Waals surface area contributed by atoms with Crippen molar-refractivity contribution < 1.29 is 18.7 Å². The summed E-state index contributed by atoms with van der Waals surface area (Å²) in [6.07, 6.45) is 1.81. The van der Waals surface area contributed by atoms with Crippen LogP contribution >= 0.6 is 0 Å². The lowest BCUT2D eigenvalue weighted by Gasteiger charge is -2.20. The molecule has 1 aromatic heterocycles. The third-order valence-electron chi connectivity index (χ3n) is 5.06. The van der Waals surface area contributed by atoms with Gasteiger partial charge in [-0.2, -0.15) is 0 Å². The molecule has 0 radical (unpaired) electrons. The number of ether oxygens (including phenoxy) is 1. The van der Waals surface area contributed by atoms with Crippen molar-refractivity contribution in [3.63, 3.8) is 0 Å². The van der Waals surface area contributed by atoms with Gasteiger partial charge in [-0.05, 0) is 56.2 Å². The minimum absolute atomic E-state index is 0.0265. The monoisotopic (exact) mass is 394 g/mol. The standard InChI is InChI=1S/C23H26N2O4/c1-5-25(13-22(26)24-19-8-6-7-9-20(19)28-4)23(27)12-17-14-29-21-11-16(3)15(2)10-18(17)21/h6-11,14H,5,12-13H2,1-4H3,(H,24,26). The van der Waals surface area contributed by atoms with E-state index < -0.39 is 0 Å². The highest BCUT2D eigenvalue weighted by Gasteiger charge is 2.19. The van der Waals surface area contributed by atoms with Crippen LogP contribution in [0, 0.1) is 13.8 Å². The van der Waals surface area contributed by atoms with Crippen LogP contribution < -0.4 is 10.1 Å². The van der Waals surface area contributed by atoms with Gasteiger partial charge in [-0.3, -0.25) is 9.59 Å². The first-order valence-corrected chi connectivity index (χ1v) is 9.61. The van der Waals surface area contributed by atoms with Gasteiger partial charge in [-0.1, -0.05) is 12.1 Å². The van der Waals surface area contributed by atoms with E-state index in [9.17, 15) is 9.59 Å². The number of benzene rings is 2. The fraction of sp³-hybridized carbons (Fsp3) is 0.304. The Balaban J connectivity index is 1.69. The van der Waals surface area contributed by atoms with Crippen LogP contribution in [0.1, 0.15) is 23.6 Å². The zero-order chi connectivity index (χ0) is 21.0. The third kappa shape index (κ3) is 4.59. The summed E-state index contributed by atoms with van der Waals surface area (Å²) in [5.41, 5.74) is 4.48. The molecule has 0 aliphatic carbocycles. The topological polar surface area (TPSA) is 71.8 Å². The van der Waals surface area contributed by atoms with Gasteiger partial charge in [0.15, 0.2) is 0 Å². The third-order valence-corrected chi connectivity index (χ3v) is 5.06. The Labute approximate surface area is 170 Å². The van der Waals surface area contributed by atoms with E-state index in [2.05, 4.69) is 5.32 Å². The number of amides is 2. The van der Waals surface area contributed by atoms with Gasteiger partial charge >= 0.3 is 0 Å². The SMILES string of the molecule is CCN(CC(=O)Nc1ccccc1OC)C(=O)Cc1coc2cc(C)c(C)cc12. The van der Waals surface area contributed by atoms with E-state index in [1.165, 1.54) is 4.90 Å². The molecule has 3 aromatic rings. The molecule has 2 amide bonds. The number of anilines is 1. The van der Waals surface area contributed by atoms with E-state index in [1.807, 2.05) is 45.0 Å². The summed E-state index contributed by atoms with van der Waals surface area (Å²) in [5, 5.41) is 3.75. The maximum absolute atomic E-state index is 12.8. The molecule has 3 rings (SSSR count). The Kier molecular flexibility index (Phi) is 6.22. The lowest BCUT2D eigenvalue weighted by molar-refractivity contribution is -0.133. The van der Waals surface area contributed by atoms with Crippen molar-refractivity contribution in [2.45, 2.75) is 27.2 Å². The number of furan rings is 1. The lowest BCUT2D eigenvalue weighted by atomic mass is 10.0. The van der Waals surface area contributed by atoms with E-state index >= 15 is 0 Å².